The zero-order valence-electron chi connectivity index (χ0n) is 7.45. The third kappa shape index (κ3) is 2.83. The number of hydrogen-bond acceptors (Lipinski definition) is 3. The van der Waals surface area contributed by atoms with Crippen molar-refractivity contribution in [2.45, 2.75) is 0 Å². The number of rotatable bonds is 2. The molecule has 13 heavy (non-hydrogen) atoms. The third-order valence-electron chi connectivity index (χ3n) is 1.35. The lowest BCUT2D eigenvalue weighted by Gasteiger charge is -2.09. The van der Waals surface area contributed by atoms with Gasteiger partial charge in [-0.3, -0.25) is 0 Å². The van der Waals surface area contributed by atoms with E-state index in [4.69, 9.17) is 4.84 Å². The summed E-state index contributed by atoms with van der Waals surface area (Å²) in [5, 5.41) is 1.28. The average molecular weight is 183 g/mol. The largest absolute Gasteiger partial charge is 0.364 e. The highest BCUT2D eigenvalue weighted by molar-refractivity contribution is 5.89. The topological polar surface area (TPSA) is 29.5 Å². The van der Waals surface area contributed by atoms with E-state index < -0.39 is 5.97 Å². The second-order valence-electron chi connectivity index (χ2n) is 2.70. The molecule has 0 radical (unpaired) electrons. The molecule has 0 aromatic heterocycles. The molecule has 4 heteroatoms. The lowest BCUT2D eigenvalue weighted by atomic mass is 10.2. The zero-order valence-corrected chi connectivity index (χ0v) is 7.45. The van der Waals surface area contributed by atoms with Gasteiger partial charge in [-0.2, -0.15) is 0 Å². The number of hydrogen-bond donors (Lipinski definition) is 0. The van der Waals surface area contributed by atoms with Crippen molar-refractivity contribution in [1.82, 2.24) is 5.06 Å². The number of carbonyl (C=O) groups excluding carboxylic acids is 1. The third-order valence-corrected chi connectivity index (χ3v) is 1.35. The van der Waals surface area contributed by atoms with Gasteiger partial charge in [0.05, 0.1) is 5.56 Å². The van der Waals surface area contributed by atoms with Crippen LogP contribution >= 0.6 is 0 Å². The van der Waals surface area contributed by atoms with Crippen molar-refractivity contribution in [3.05, 3.63) is 35.6 Å². The molecule has 0 saturated heterocycles. The Bertz CT molecular complexity index is 295. The summed E-state index contributed by atoms with van der Waals surface area (Å²) in [6.45, 7) is 0. The molecule has 0 fully saturated rings. The SMILES string of the molecule is CN(C)OC(=O)c1ccc(F)cc1. The molecule has 0 saturated carbocycles. The molecule has 0 spiro atoms. The fourth-order valence-electron chi connectivity index (χ4n) is 0.804. The van der Waals surface area contributed by atoms with Gasteiger partial charge in [-0.25, -0.2) is 9.18 Å². The number of carbonyl (C=O) groups is 1. The summed E-state index contributed by atoms with van der Waals surface area (Å²) in [6, 6.07) is 5.18. The fourth-order valence-corrected chi connectivity index (χ4v) is 0.804. The number of benzene rings is 1. The Balaban J connectivity index is 2.72. The molecule has 1 aromatic carbocycles. The van der Waals surface area contributed by atoms with Crippen LogP contribution < -0.4 is 0 Å². The fraction of sp³-hybridized carbons (Fsp3) is 0.222. The van der Waals surface area contributed by atoms with Crippen LogP contribution in [0.1, 0.15) is 10.4 Å². The first-order valence-electron chi connectivity index (χ1n) is 3.75. The molecule has 0 aliphatic carbocycles. The highest BCUT2D eigenvalue weighted by atomic mass is 19.1. The standard InChI is InChI=1S/C9H10FNO2/c1-11(2)13-9(12)7-3-5-8(10)6-4-7/h3-6H,1-2H3. The zero-order chi connectivity index (χ0) is 9.84. The number of nitrogens with zero attached hydrogens (tertiary/aromatic N) is 1. The van der Waals surface area contributed by atoms with Gasteiger partial charge in [0.1, 0.15) is 5.82 Å². The van der Waals surface area contributed by atoms with Crippen LogP contribution in [-0.4, -0.2) is 25.1 Å². The minimum absolute atomic E-state index is 0.329. The molecule has 3 nitrogen and oxygen atoms in total. The van der Waals surface area contributed by atoms with Crippen molar-refractivity contribution >= 4 is 5.97 Å². The van der Waals surface area contributed by atoms with Crippen LogP contribution in [0.15, 0.2) is 24.3 Å². The molecule has 1 rings (SSSR count). The van der Waals surface area contributed by atoms with Gasteiger partial charge < -0.3 is 4.84 Å². The van der Waals surface area contributed by atoms with E-state index in [1.165, 1.54) is 29.3 Å². The maximum atomic E-state index is 12.5. The van der Waals surface area contributed by atoms with Crippen molar-refractivity contribution < 1.29 is 14.0 Å². The summed E-state index contributed by atoms with van der Waals surface area (Å²) in [4.78, 5) is 15.9. The second kappa shape index (κ2) is 4.00. The molecule has 0 unspecified atom stereocenters. The molecule has 1 aromatic rings. The first kappa shape index (κ1) is 9.67. The predicted octanol–water partition coefficient (Wildman–Crippen LogP) is 1.46. The lowest BCUT2D eigenvalue weighted by molar-refractivity contribution is -0.0713. The van der Waals surface area contributed by atoms with Gasteiger partial charge in [0.15, 0.2) is 0 Å². The monoisotopic (exact) mass is 183 g/mol. The molecule has 0 atom stereocenters. The van der Waals surface area contributed by atoms with E-state index in [9.17, 15) is 9.18 Å². The molecule has 0 aliphatic heterocycles. The van der Waals surface area contributed by atoms with E-state index >= 15 is 0 Å². The van der Waals surface area contributed by atoms with Crippen LogP contribution in [-0.2, 0) is 4.84 Å². The molecular formula is C9H10FNO2. The minimum Gasteiger partial charge on any atom is -0.364 e. The van der Waals surface area contributed by atoms with E-state index in [0.717, 1.165) is 0 Å². The van der Waals surface area contributed by atoms with Gasteiger partial charge in [-0.1, -0.05) is 0 Å². The van der Waals surface area contributed by atoms with E-state index in [2.05, 4.69) is 0 Å². The summed E-state index contributed by atoms with van der Waals surface area (Å²) >= 11 is 0. The molecular weight excluding hydrogens is 173 g/mol. The minimum atomic E-state index is -0.495. The van der Waals surface area contributed by atoms with Crippen LogP contribution in [0.5, 0.6) is 0 Å². The van der Waals surface area contributed by atoms with Gasteiger partial charge in [-0.05, 0) is 24.3 Å². The smallest absolute Gasteiger partial charge is 0.356 e. The Kier molecular flexibility index (Phi) is 2.97. The predicted molar refractivity (Wildman–Crippen MR) is 45.5 cm³/mol. The molecule has 0 aliphatic rings. The lowest BCUT2D eigenvalue weighted by Crippen LogP contribution is -2.18. The van der Waals surface area contributed by atoms with E-state index in [-0.39, 0.29) is 5.82 Å². The van der Waals surface area contributed by atoms with Gasteiger partial charge in [-0.15, -0.1) is 5.06 Å². The van der Waals surface area contributed by atoms with Crippen LogP contribution in [0.4, 0.5) is 4.39 Å². The van der Waals surface area contributed by atoms with Crippen LogP contribution in [0.25, 0.3) is 0 Å². The molecule has 0 N–H and O–H groups in total. The highest BCUT2D eigenvalue weighted by Crippen LogP contribution is 2.04. The van der Waals surface area contributed by atoms with E-state index in [0.29, 0.717) is 5.56 Å². The Morgan fingerprint density at radius 1 is 1.31 bits per heavy atom. The Morgan fingerprint density at radius 2 is 1.85 bits per heavy atom. The summed E-state index contributed by atoms with van der Waals surface area (Å²) in [7, 11) is 3.20. The Labute approximate surface area is 75.7 Å². The van der Waals surface area contributed by atoms with E-state index in [1.54, 1.807) is 14.1 Å². The normalized spacial score (nSPS) is 10.2. The van der Waals surface area contributed by atoms with Crippen LogP contribution in [0.3, 0.4) is 0 Å². The van der Waals surface area contributed by atoms with Crippen molar-refractivity contribution in [3.8, 4) is 0 Å². The highest BCUT2D eigenvalue weighted by Gasteiger charge is 2.07. The molecule has 70 valence electrons. The van der Waals surface area contributed by atoms with Crippen molar-refractivity contribution in [2.24, 2.45) is 0 Å². The summed E-state index contributed by atoms with van der Waals surface area (Å²) in [5.41, 5.74) is 0.329. The number of halogens is 1. The summed E-state index contributed by atoms with van der Waals surface area (Å²) in [5.74, 6) is -0.869. The quantitative estimate of drug-likeness (QED) is 0.650. The van der Waals surface area contributed by atoms with Gasteiger partial charge >= 0.3 is 5.97 Å². The Hall–Kier alpha value is -1.42. The first-order chi connectivity index (χ1) is 6.09. The maximum absolute atomic E-state index is 12.5. The van der Waals surface area contributed by atoms with Gasteiger partial charge in [0, 0.05) is 14.1 Å². The molecule has 0 amide bonds. The summed E-state index contributed by atoms with van der Waals surface area (Å²) < 4.78 is 12.5. The average Bonchev–Trinajstić information content (AvgIpc) is 2.04. The van der Waals surface area contributed by atoms with Crippen LogP contribution in [0, 0.1) is 5.82 Å². The van der Waals surface area contributed by atoms with Crippen LogP contribution in [0.2, 0.25) is 0 Å². The van der Waals surface area contributed by atoms with E-state index in [1.807, 2.05) is 0 Å². The Morgan fingerprint density at radius 3 is 2.31 bits per heavy atom. The van der Waals surface area contributed by atoms with Crippen molar-refractivity contribution in [3.63, 3.8) is 0 Å². The van der Waals surface area contributed by atoms with Gasteiger partial charge in [0.2, 0.25) is 0 Å². The molecule has 0 bridgehead atoms. The second-order valence-corrected chi connectivity index (χ2v) is 2.70. The van der Waals surface area contributed by atoms with Crippen molar-refractivity contribution in [1.29, 1.82) is 0 Å². The molecule has 0 heterocycles. The first-order valence-corrected chi connectivity index (χ1v) is 3.75. The van der Waals surface area contributed by atoms with Crippen molar-refractivity contribution in [2.75, 3.05) is 14.1 Å². The maximum Gasteiger partial charge on any atom is 0.356 e. The summed E-state index contributed by atoms with van der Waals surface area (Å²) in [6.07, 6.45) is 0. The number of hydroxylamine groups is 2. The van der Waals surface area contributed by atoms with Gasteiger partial charge in [0.25, 0.3) is 0 Å².